The summed E-state index contributed by atoms with van der Waals surface area (Å²) in [5, 5.41) is 0. The van der Waals surface area contributed by atoms with Crippen molar-refractivity contribution < 1.29 is 8.78 Å². The Bertz CT molecular complexity index is 345. The second kappa shape index (κ2) is 4.27. The summed E-state index contributed by atoms with van der Waals surface area (Å²) < 4.78 is 26.5. The summed E-state index contributed by atoms with van der Waals surface area (Å²) in [5.41, 5.74) is 5.43. The van der Waals surface area contributed by atoms with Crippen molar-refractivity contribution in [2.24, 2.45) is 11.7 Å². The highest BCUT2D eigenvalue weighted by Crippen LogP contribution is 2.28. The van der Waals surface area contributed by atoms with E-state index >= 15 is 0 Å². The third-order valence-corrected chi connectivity index (χ3v) is 2.38. The smallest absolute Gasteiger partial charge is 0.128 e. The second-order valence-electron chi connectivity index (χ2n) is 4.64. The molecule has 1 rings (SSSR count). The first-order chi connectivity index (χ1) is 6.83. The topological polar surface area (TPSA) is 26.0 Å². The highest BCUT2D eigenvalue weighted by Gasteiger charge is 2.26. The zero-order chi connectivity index (χ0) is 11.6. The van der Waals surface area contributed by atoms with E-state index in [0.29, 0.717) is 12.3 Å². The van der Waals surface area contributed by atoms with Crippen LogP contribution >= 0.6 is 0 Å². The van der Waals surface area contributed by atoms with Gasteiger partial charge in [0.1, 0.15) is 11.6 Å². The van der Waals surface area contributed by atoms with Crippen LogP contribution in [0.4, 0.5) is 8.78 Å². The van der Waals surface area contributed by atoms with Crippen molar-refractivity contribution in [2.75, 3.05) is 0 Å². The van der Waals surface area contributed by atoms with E-state index in [1.807, 2.05) is 13.8 Å². The first kappa shape index (κ1) is 12.1. The van der Waals surface area contributed by atoms with Crippen LogP contribution in [0.5, 0.6) is 0 Å². The molecule has 0 bridgehead atoms. The van der Waals surface area contributed by atoms with E-state index in [9.17, 15) is 8.78 Å². The van der Waals surface area contributed by atoms with E-state index in [1.165, 1.54) is 6.07 Å². The average molecular weight is 213 g/mol. The molecule has 0 fully saturated rings. The summed E-state index contributed by atoms with van der Waals surface area (Å²) in [4.78, 5) is 0. The van der Waals surface area contributed by atoms with E-state index in [2.05, 4.69) is 0 Å². The maximum absolute atomic E-state index is 13.5. The third kappa shape index (κ3) is 2.99. The number of rotatable bonds is 3. The van der Waals surface area contributed by atoms with Crippen molar-refractivity contribution in [3.63, 3.8) is 0 Å². The van der Waals surface area contributed by atoms with Gasteiger partial charge < -0.3 is 5.73 Å². The Balaban J connectivity index is 3.08. The molecule has 0 heterocycles. The zero-order valence-electron chi connectivity index (χ0n) is 9.35. The van der Waals surface area contributed by atoms with E-state index < -0.39 is 17.2 Å². The minimum Gasteiger partial charge on any atom is -0.322 e. The molecule has 0 amide bonds. The molecule has 0 aliphatic heterocycles. The Hall–Kier alpha value is -0.960. The zero-order valence-corrected chi connectivity index (χ0v) is 9.35. The van der Waals surface area contributed by atoms with Crippen LogP contribution in [0.3, 0.4) is 0 Å². The van der Waals surface area contributed by atoms with Crippen LogP contribution in [0, 0.1) is 17.6 Å². The molecule has 15 heavy (non-hydrogen) atoms. The fourth-order valence-electron chi connectivity index (χ4n) is 1.89. The molecule has 0 aliphatic rings. The van der Waals surface area contributed by atoms with Crippen LogP contribution < -0.4 is 5.73 Å². The molecule has 0 saturated heterocycles. The molecule has 0 aliphatic carbocycles. The van der Waals surface area contributed by atoms with Crippen LogP contribution in [-0.4, -0.2) is 0 Å². The van der Waals surface area contributed by atoms with Gasteiger partial charge in [-0.1, -0.05) is 13.8 Å². The fraction of sp³-hybridized carbons (Fsp3) is 0.500. The van der Waals surface area contributed by atoms with Gasteiger partial charge in [-0.2, -0.15) is 0 Å². The van der Waals surface area contributed by atoms with Gasteiger partial charge in [0.15, 0.2) is 0 Å². The van der Waals surface area contributed by atoms with Gasteiger partial charge in [0.2, 0.25) is 0 Å². The molecule has 0 aromatic heterocycles. The first-order valence-electron chi connectivity index (χ1n) is 5.07. The lowest BCUT2D eigenvalue weighted by molar-refractivity contribution is 0.364. The highest BCUT2D eigenvalue weighted by molar-refractivity contribution is 5.26. The molecular weight excluding hydrogens is 196 g/mol. The van der Waals surface area contributed by atoms with Crippen molar-refractivity contribution in [1.29, 1.82) is 0 Å². The van der Waals surface area contributed by atoms with E-state index in [-0.39, 0.29) is 5.56 Å². The minimum atomic E-state index is -0.819. The Morgan fingerprint density at radius 3 is 2.47 bits per heavy atom. The molecule has 1 atom stereocenters. The average Bonchev–Trinajstić information content (AvgIpc) is 2.06. The molecule has 2 N–H and O–H groups in total. The summed E-state index contributed by atoms with van der Waals surface area (Å²) in [6.07, 6.45) is 0.618. The number of nitrogens with two attached hydrogens (primary N) is 1. The lowest BCUT2D eigenvalue weighted by Crippen LogP contribution is -2.35. The Kier molecular flexibility index (Phi) is 3.45. The van der Waals surface area contributed by atoms with Crippen LogP contribution in [0.25, 0.3) is 0 Å². The fourth-order valence-corrected chi connectivity index (χ4v) is 1.89. The summed E-state index contributed by atoms with van der Waals surface area (Å²) in [5.74, 6) is -0.559. The predicted molar refractivity (Wildman–Crippen MR) is 57.4 cm³/mol. The first-order valence-corrected chi connectivity index (χ1v) is 5.07. The van der Waals surface area contributed by atoms with Gasteiger partial charge in [-0.25, -0.2) is 8.78 Å². The van der Waals surface area contributed by atoms with Gasteiger partial charge in [-0.3, -0.25) is 0 Å². The highest BCUT2D eigenvalue weighted by atomic mass is 19.1. The van der Waals surface area contributed by atoms with Crippen molar-refractivity contribution >= 4 is 0 Å². The lowest BCUT2D eigenvalue weighted by atomic mass is 9.85. The van der Waals surface area contributed by atoms with E-state index in [4.69, 9.17) is 5.73 Å². The Morgan fingerprint density at radius 1 is 1.33 bits per heavy atom. The Labute approximate surface area is 89.3 Å². The van der Waals surface area contributed by atoms with Gasteiger partial charge >= 0.3 is 0 Å². The van der Waals surface area contributed by atoms with E-state index in [0.717, 1.165) is 12.1 Å². The minimum absolute atomic E-state index is 0.246. The van der Waals surface area contributed by atoms with Gasteiger partial charge in [0, 0.05) is 11.1 Å². The maximum Gasteiger partial charge on any atom is 0.128 e. The van der Waals surface area contributed by atoms with Gasteiger partial charge in [0.05, 0.1) is 0 Å². The summed E-state index contributed by atoms with van der Waals surface area (Å²) in [6.45, 7) is 5.73. The molecule has 3 heteroatoms. The number of hydrogen-bond acceptors (Lipinski definition) is 1. The number of benzene rings is 1. The molecule has 1 aromatic carbocycles. The van der Waals surface area contributed by atoms with Crippen molar-refractivity contribution in [2.45, 2.75) is 32.7 Å². The molecule has 0 radical (unpaired) electrons. The number of hydrogen-bond donors (Lipinski definition) is 1. The van der Waals surface area contributed by atoms with Crippen LogP contribution in [-0.2, 0) is 5.54 Å². The van der Waals surface area contributed by atoms with Crippen molar-refractivity contribution in [3.05, 3.63) is 35.4 Å². The van der Waals surface area contributed by atoms with Crippen LogP contribution in [0.2, 0.25) is 0 Å². The Morgan fingerprint density at radius 2 is 1.93 bits per heavy atom. The van der Waals surface area contributed by atoms with Crippen LogP contribution in [0.1, 0.15) is 32.8 Å². The molecule has 1 aromatic rings. The lowest BCUT2D eigenvalue weighted by Gasteiger charge is -2.27. The van der Waals surface area contributed by atoms with E-state index in [1.54, 1.807) is 6.92 Å². The van der Waals surface area contributed by atoms with Crippen LogP contribution in [0.15, 0.2) is 18.2 Å². The predicted octanol–water partition coefficient (Wildman–Crippen LogP) is 3.18. The quantitative estimate of drug-likeness (QED) is 0.819. The molecule has 0 saturated carbocycles. The maximum atomic E-state index is 13.5. The summed E-state index contributed by atoms with van der Waals surface area (Å²) in [7, 11) is 0. The molecular formula is C12H17F2N. The van der Waals surface area contributed by atoms with Gasteiger partial charge in [-0.05, 0) is 37.5 Å². The SMILES string of the molecule is CC(C)CC(C)(N)c1cc(F)ccc1F. The molecule has 1 nitrogen and oxygen atoms in total. The molecule has 1 unspecified atom stereocenters. The second-order valence-corrected chi connectivity index (χ2v) is 4.64. The summed E-state index contributed by atoms with van der Waals surface area (Å²) >= 11 is 0. The standard InChI is InChI=1S/C12H17F2N/c1-8(2)7-12(3,15)10-6-9(13)4-5-11(10)14/h4-6,8H,7,15H2,1-3H3. The summed E-state index contributed by atoms with van der Waals surface area (Å²) in [6, 6.07) is 3.40. The van der Waals surface area contributed by atoms with Gasteiger partial charge in [0.25, 0.3) is 0 Å². The molecule has 0 spiro atoms. The normalized spacial score (nSPS) is 15.4. The molecule has 84 valence electrons. The van der Waals surface area contributed by atoms with Crippen molar-refractivity contribution in [3.8, 4) is 0 Å². The largest absolute Gasteiger partial charge is 0.322 e. The van der Waals surface area contributed by atoms with Crippen molar-refractivity contribution in [1.82, 2.24) is 0 Å². The number of halogens is 2. The van der Waals surface area contributed by atoms with Gasteiger partial charge in [-0.15, -0.1) is 0 Å². The third-order valence-electron chi connectivity index (χ3n) is 2.38. The monoisotopic (exact) mass is 213 g/mol.